The van der Waals surface area contributed by atoms with Crippen LogP contribution in [0.1, 0.15) is 31.7 Å². The van der Waals surface area contributed by atoms with E-state index in [-0.39, 0.29) is 22.3 Å². The van der Waals surface area contributed by atoms with Crippen molar-refractivity contribution in [2.24, 2.45) is 0 Å². The largest absolute Gasteiger partial charge is 0.393 e. The molecule has 1 aliphatic heterocycles. The Morgan fingerprint density at radius 2 is 2.14 bits per heavy atom. The molecule has 0 aromatic heterocycles. The number of nitro benzene ring substituents is 1. The lowest BCUT2D eigenvalue weighted by molar-refractivity contribution is -0.384. The maximum atomic E-state index is 12.8. The molecular weight excluding hydrogens is 294 g/mol. The van der Waals surface area contributed by atoms with Gasteiger partial charge >= 0.3 is 0 Å². The Labute approximate surface area is 123 Å². The second kappa shape index (κ2) is 5.61. The minimum Gasteiger partial charge on any atom is -0.393 e. The van der Waals surface area contributed by atoms with Crippen LogP contribution in [0.3, 0.4) is 0 Å². The lowest BCUT2D eigenvalue weighted by Gasteiger charge is -2.23. The molecule has 0 aliphatic carbocycles. The standard InChI is InChI=1S/C13H19N3O4S/c1-3-10-5-4-6-15(10)21(19,20)13-8-12(16(17)18)11(14)7-9(13)2/h7-8,10H,3-6,14H2,1-2H3. The van der Waals surface area contributed by atoms with Crippen LogP contribution in [-0.4, -0.2) is 30.2 Å². The van der Waals surface area contributed by atoms with Crippen LogP contribution in [0.5, 0.6) is 0 Å². The minimum absolute atomic E-state index is 0.0232. The van der Waals surface area contributed by atoms with Crippen molar-refractivity contribution >= 4 is 21.4 Å². The zero-order valence-electron chi connectivity index (χ0n) is 12.1. The summed E-state index contributed by atoms with van der Waals surface area (Å²) in [6.07, 6.45) is 2.37. The van der Waals surface area contributed by atoms with Gasteiger partial charge in [0.2, 0.25) is 10.0 Å². The first-order valence-electron chi connectivity index (χ1n) is 6.85. The molecule has 0 bridgehead atoms. The lowest BCUT2D eigenvalue weighted by atomic mass is 10.2. The van der Waals surface area contributed by atoms with Crippen LogP contribution in [0.15, 0.2) is 17.0 Å². The van der Waals surface area contributed by atoms with E-state index in [9.17, 15) is 18.5 Å². The summed E-state index contributed by atoms with van der Waals surface area (Å²) in [6, 6.07) is 2.39. The molecule has 7 nitrogen and oxygen atoms in total. The summed E-state index contributed by atoms with van der Waals surface area (Å²) in [6.45, 7) is 4.00. The number of hydrogen-bond donors (Lipinski definition) is 1. The van der Waals surface area contributed by atoms with Crippen LogP contribution >= 0.6 is 0 Å². The van der Waals surface area contributed by atoms with E-state index < -0.39 is 14.9 Å². The SMILES string of the molecule is CCC1CCCN1S(=O)(=O)c1cc([N+](=O)[O-])c(N)cc1C. The highest BCUT2D eigenvalue weighted by molar-refractivity contribution is 7.89. The number of aryl methyl sites for hydroxylation is 1. The summed E-state index contributed by atoms with van der Waals surface area (Å²) in [7, 11) is -3.73. The van der Waals surface area contributed by atoms with E-state index in [1.165, 1.54) is 10.4 Å². The summed E-state index contributed by atoms with van der Waals surface area (Å²) in [5.74, 6) is 0. The van der Waals surface area contributed by atoms with Gasteiger partial charge in [0, 0.05) is 18.7 Å². The summed E-state index contributed by atoms with van der Waals surface area (Å²) < 4.78 is 27.0. The van der Waals surface area contributed by atoms with Gasteiger partial charge in [-0.25, -0.2) is 8.42 Å². The van der Waals surface area contributed by atoms with E-state index >= 15 is 0 Å². The summed E-state index contributed by atoms with van der Waals surface area (Å²) in [5, 5.41) is 11.0. The second-order valence-corrected chi connectivity index (χ2v) is 7.11. The van der Waals surface area contributed by atoms with Crippen LogP contribution in [0.2, 0.25) is 0 Å². The fourth-order valence-electron chi connectivity index (χ4n) is 2.80. The van der Waals surface area contributed by atoms with Gasteiger partial charge in [0.25, 0.3) is 5.69 Å². The predicted octanol–water partition coefficient (Wildman–Crippen LogP) is 2.05. The van der Waals surface area contributed by atoms with E-state index in [1.54, 1.807) is 6.92 Å². The molecule has 1 fully saturated rings. The number of anilines is 1. The number of nitrogens with zero attached hydrogens (tertiary/aromatic N) is 2. The van der Waals surface area contributed by atoms with E-state index in [0.29, 0.717) is 12.1 Å². The van der Waals surface area contributed by atoms with Crippen molar-refractivity contribution < 1.29 is 13.3 Å². The zero-order valence-corrected chi connectivity index (χ0v) is 12.9. The quantitative estimate of drug-likeness (QED) is 0.520. The Balaban J connectivity index is 2.54. The van der Waals surface area contributed by atoms with E-state index in [0.717, 1.165) is 25.3 Å². The molecule has 0 amide bonds. The molecular formula is C13H19N3O4S. The Hall–Kier alpha value is -1.67. The minimum atomic E-state index is -3.73. The van der Waals surface area contributed by atoms with Gasteiger partial charge in [0.1, 0.15) is 5.69 Å². The van der Waals surface area contributed by atoms with Gasteiger partial charge in [-0.05, 0) is 37.8 Å². The normalized spacial score (nSPS) is 19.8. The van der Waals surface area contributed by atoms with Crippen molar-refractivity contribution in [3.63, 3.8) is 0 Å². The first-order valence-corrected chi connectivity index (χ1v) is 8.29. The third kappa shape index (κ3) is 2.73. The smallest absolute Gasteiger partial charge is 0.293 e. The number of sulfonamides is 1. The van der Waals surface area contributed by atoms with E-state index in [1.807, 2.05) is 6.92 Å². The summed E-state index contributed by atoms with van der Waals surface area (Å²) in [4.78, 5) is 10.3. The highest BCUT2D eigenvalue weighted by Crippen LogP contribution is 2.33. The fourth-order valence-corrected chi connectivity index (χ4v) is 4.79. The van der Waals surface area contributed by atoms with E-state index in [4.69, 9.17) is 5.73 Å². The third-order valence-electron chi connectivity index (χ3n) is 3.90. The van der Waals surface area contributed by atoms with Crippen molar-refractivity contribution in [2.45, 2.75) is 44.0 Å². The van der Waals surface area contributed by atoms with Crippen LogP contribution < -0.4 is 5.73 Å². The number of hydrogen-bond acceptors (Lipinski definition) is 5. The number of nitrogen functional groups attached to an aromatic ring is 1. The van der Waals surface area contributed by atoms with Crippen molar-refractivity contribution in [1.82, 2.24) is 4.31 Å². The third-order valence-corrected chi connectivity index (χ3v) is 6.00. The van der Waals surface area contributed by atoms with Gasteiger partial charge in [-0.15, -0.1) is 0 Å². The molecule has 1 aliphatic rings. The predicted molar refractivity (Wildman–Crippen MR) is 79.5 cm³/mol. The van der Waals surface area contributed by atoms with Gasteiger partial charge in [0.15, 0.2) is 0 Å². The lowest BCUT2D eigenvalue weighted by Crippen LogP contribution is -2.35. The van der Waals surface area contributed by atoms with Gasteiger partial charge in [-0.1, -0.05) is 6.92 Å². The molecule has 1 unspecified atom stereocenters. The number of nitrogens with two attached hydrogens (primary N) is 1. The van der Waals surface area contributed by atoms with Crippen LogP contribution in [0, 0.1) is 17.0 Å². The molecule has 1 saturated heterocycles. The van der Waals surface area contributed by atoms with Crippen molar-refractivity contribution in [3.8, 4) is 0 Å². The second-order valence-electron chi connectivity index (χ2n) is 5.25. The molecule has 0 saturated carbocycles. The molecule has 1 heterocycles. The molecule has 21 heavy (non-hydrogen) atoms. The average molecular weight is 313 g/mol. The van der Waals surface area contributed by atoms with E-state index in [2.05, 4.69) is 0 Å². The first-order chi connectivity index (χ1) is 9.78. The molecule has 1 atom stereocenters. The summed E-state index contributed by atoms with van der Waals surface area (Å²) in [5.41, 5.74) is 5.63. The van der Waals surface area contributed by atoms with Gasteiger partial charge < -0.3 is 5.73 Å². The monoisotopic (exact) mass is 313 g/mol. The van der Waals surface area contributed by atoms with Crippen molar-refractivity contribution in [2.75, 3.05) is 12.3 Å². The number of rotatable bonds is 4. The topological polar surface area (TPSA) is 107 Å². The molecule has 0 spiro atoms. The molecule has 1 aromatic rings. The Morgan fingerprint density at radius 1 is 1.48 bits per heavy atom. The Morgan fingerprint density at radius 3 is 2.71 bits per heavy atom. The number of benzene rings is 1. The maximum Gasteiger partial charge on any atom is 0.293 e. The van der Waals surface area contributed by atoms with Gasteiger partial charge in [-0.2, -0.15) is 4.31 Å². The highest BCUT2D eigenvalue weighted by atomic mass is 32.2. The fraction of sp³-hybridized carbons (Fsp3) is 0.538. The first kappa shape index (κ1) is 15.7. The Kier molecular flexibility index (Phi) is 4.20. The molecule has 8 heteroatoms. The van der Waals surface area contributed by atoms with Crippen molar-refractivity contribution in [3.05, 3.63) is 27.8 Å². The van der Waals surface area contributed by atoms with Gasteiger partial charge in [0.05, 0.1) is 9.82 Å². The van der Waals surface area contributed by atoms with Crippen LogP contribution in [0.4, 0.5) is 11.4 Å². The van der Waals surface area contributed by atoms with Crippen LogP contribution in [-0.2, 0) is 10.0 Å². The van der Waals surface area contributed by atoms with Crippen LogP contribution in [0.25, 0.3) is 0 Å². The van der Waals surface area contributed by atoms with Gasteiger partial charge in [-0.3, -0.25) is 10.1 Å². The molecule has 1 aromatic carbocycles. The highest BCUT2D eigenvalue weighted by Gasteiger charge is 2.36. The van der Waals surface area contributed by atoms with Crippen molar-refractivity contribution in [1.29, 1.82) is 0 Å². The zero-order chi connectivity index (χ0) is 15.8. The molecule has 2 rings (SSSR count). The molecule has 116 valence electrons. The molecule has 2 N–H and O–H groups in total. The summed E-state index contributed by atoms with van der Waals surface area (Å²) >= 11 is 0. The average Bonchev–Trinajstić information content (AvgIpc) is 2.86. The molecule has 0 radical (unpaired) electrons. The maximum absolute atomic E-state index is 12.8. The number of nitro groups is 1. The Bertz CT molecular complexity index is 672.